The molecule has 0 amide bonds. The molecule has 110 valence electrons. The van der Waals surface area contributed by atoms with Gasteiger partial charge < -0.3 is 10.1 Å². The second kappa shape index (κ2) is 6.88. The van der Waals surface area contributed by atoms with E-state index in [-0.39, 0.29) is 12.1 Å². The van der Waals surface area contributed by atoms with Crippen molar-refractivity contribution in [3.8, 4) is 0 Å². The topological polar surface area (TPSA) is 21.3 Å². The summed E-state index contributed by atoms with van der Waals surface area (Å²) >= 11 is 0. The van der Waals surface area contributed by atoms with Crippen LogP contribution in [-0.4, -0.2) is 19.3 Å². The molecule has 1 fully saturated rings. The molecule has 1 saturated heterocycles. The summed E-state index contributed by atoms with van der Waals surface area (Å²) < 4.78 is 6.22. The SMILES string of the molecule is CC1CNC(c2ccccc2)C(Cc2ccccc2)OC1. The summed E-state index contributed by atoms with van der Waals surface area (Å²) in [5.41, 5.74) is 2.65. The van der Waals surface area contributed by atoms with E-state index in [0.717, 1.165) is 19.6 Å². The fourth-order valence-electron chi connectivity index (χ4n) is 2.92. The van der Waals surface area contributed by atoms with Crippen LogP contribution in [0.15, 0.2) is 60.7 Å². The molecule has 1 aliphatic rings. The number of benzene rings is 2. The average molecular weight is 281 g/mol. The zero-order valence-corrected chi connectivity index (χ0v) is 12.5. The average Bonchev–Trinajstić information content (AvgIpc) is 2.72. The van der Waals surface area contributed by atoms with Crippen molar-refractivity contribution in [2.75, 3.05) is 13.2 Å². The van der Waals surface area contributed by atoms with Gasteiger partial charge in [0.2, 0.25) is 0 Å². The minimum Gasteiger partial charge on any atom is -0.376 e. The zero-order valence-electron chi connectivity index (χ0n) is 12.5. The second-order valence-corrected chi connectivity index (χ2v) is 5.96. The molecule has 2 aromatic carbocycles. The van der Waals surface area contributed by atoms with E-state index in [1.165, 1.54) is 11.1 Å². The Morgan fingerprint density at radius 3 is 2.38 bits per heavy atom. The van der Waals surface area contributed by atoms with Crippen LogP contribution in [0.25, 0.3) is 0 Å². The van der Waals surface area contributed by atoms with Crippen molar-refractivity contribution in [1.29, 1.82) is 0 Å². The van der Waals surface area contributed by atoms with Gasteiger partial charge in [0, 0.05) is 13.0 Å². The number of nitrogens with one attached hydrogen (secondary N) is 1. The number of rotatable bonds is 3. The molecule has 0 radical (unpaired) electrons. The molecule has 3 rings (SSSR count). The minimum absolute atomic E-state index is 0.180. The predicted octanol–water partition coefficient (Wildman–Crippen LogP) is 3.59. The highest BCUT2D eigenvalue weighted by atomic mass is 16.5. The number of ether oxygens (including phenoxy) is 1. The number of hydrogen-bond donors (Lipinski definition) is 1. The maximum absolute atomic E-state index is 6.22. The molecule has 3 atom stereocenters. The third-order valence-electron chi connectivity index (χ3n) is 4.09. The minimum atomic E-state index is 0.180. The van der Waals surface area contributed by atoms with E-state index in [1.807, 2.05) is 0 Å². The molecule has 1 N–H and O–H groups in total. The van der Waals surface area contributed by atoms with Crippen molar-refractivity contribution < 1.29 is 4.74 Å². The lowest BCUT2D eigenvalue weighted by atomic mass is 9.96. The summed E-state index contributed by atoms with van der Waals surface area (Å²) in [6, 6.07) is 21.5. The molecule has 2 heteroatoms. The molecule has 21 heavy (non-hydrogen) atoms. The summed E-state index contributed by atoms with van der Waals surface area (Å²) in [6.07, 6.45) is 1.12. The Labute approximate surface area is 127 Å². The molecule has 0 aliphatic carbocycles. The first kappa shape index (κ1) is 14.3. The fraction of sp³-hybridized carbons (Fsp3) is 0.368. The standard InChI is InChI=1S/C19H23NO/c1-15-13-20-19(17-10-6-3-7-11-17)18(21-14-15)12-16-8-4-2-5-9-16/h2-11,15,18-20H,12-14H2,1H3. The normalized spacial score (nSPS) is 26.2. The van der Waals surface area contributed by atoms with Crippen molar-refractivity contribution >= 4 is 0 Å². The van der Waals surface area contributed by atoms with Gasteiger partial charge >= 0.3 is 0 Å². The van der Waals surface area contributed by atoms with Gasteiger partial charge in [-0.3, -0.25) is 0 Å². The predicted molar refractivity (Wildman–Crippen MR) is 86.2 cm³/mol. The van der Waals surface area contributed by atoms with Gasteiger partial charge in [0.25, 0.3) is 0 Å². The molecule has 3 unspecified atom stereocenters. The quantitative estimate of drug-likeness (QED) is 0.928. The van der Waals surface area contributed by atoms with Crippen LogP contribution in [0, 0.1) is 5.92 Å². The first-order valence-corrected chi connectivity index (χ1v) is 7.77. The Kier molecular flexibility index (Phi) is 4.69. The van der Waals surface area contributed by atoms with Crippen LogP contribution in [0.4, 0.5) is 0 Å². The highest BCUT2D eigenvalue weighted by Gasteiger charge is 2.27. The van der Waals surface area contributed by atoms with Crippen LogP contribution >= 0.6 is 0 Å². The van der Waals surface area contributed by atoms with Crippen molar-refractivity contribution in [3.05, 3.63) is 71.8 Å². The summed E-state index contributed by atoms with van der Waals surface area (Å²) in [5, 5.41) is 3.69. The Bertz CT molecular complexity index is 540. The highest BCUT2D eigenvalue weighted by Crippen LogP contribution is 2.25. The van der Waals surface area contributed by atoms with Gasteiger partial charge in [0.05, 0.1) is 18.8 Å². The molecular weight excluding hydrogens is 258 g/mol. The van der Waals surface area contributed by atoms with E-state index in [9.17, 15) is 0 Å². The zero-order chi connectivity index (χ0) is 14.5. The second-order valence-electron chi connectivity index (χ2n) is 5.96. The van der Waals surface area contributed by atoms with Crippen molar-refractivity contribution in [2.45, 2.75) is 25.5 Å². The molecule has 0 saturated carbocycles. The smallest absolute Gasteiger partial charge is 0.0810 e. The summed E-state index contributed by atoms with van der Waals surface area (Å²) in [6.45, 7) is 4.07. The largest absolute Gasteiger partial charge is 0.376 e. The molecule has 0 bridgehead atoms. The van der Waals surface area contributed by atoms with Crippen molar-refractivity contribution in [2.24, 2.45) is 5.92 Å². The Morgan fingerprint density at radius 1 is 1.00 bits per heavy atom. The van der Waals surface area contributed by atoms with E-state index >= 15 is 0 Å². The first-order valence-electron chi connectivity index (χ1n) is 7.77. The van der Waals surface area contributed by atoms with Gasteiger partial charge in [-0.15, -0.1) is 0 Å². The third kappa shape index (κ3) is 3.72. The van der Waals surface area contributed by atoms with Crippen LogP contribution in [0.1, 0.15) is 24.1 Å². The fourth-order valence-corrected chi connectivity index (χ4v) is 2.92. The van der Waals surface area contributed by atoms with Crippen molar-refractivity contribution in [3.63, 3.8) is 0 Å². The Morgan fingerprint density at radius 2 is 1.67 bits per heavy atom. The van der Waals surface area contributed by atoms with Crippen LogP contribution in [0.5, 0.6) is 0 Å². The Hall–Kier alpha value is -1.64. The molecule has 0 spiro atoms. The third-order valence-corrected chi connectivity index (χ3v) is 4.09. The number of hydrogen-bond acceptors (Lipinski definition) is 2. The molecule has 2 aromatic rings. The van der Waals surface area contributed by atoms with E-state index in [4.69, 9.17) is 4.74 Å². The van der Waals surface area contributed by atoms with Crippen LogP contribution < -0.4 is 5.32 Å². The van der Waals surface area contributed by atoms with Gasteiger partial charge in [0.15, 0.2) is 0 Å². The maximum Gasteiger partial charge on any atom is 0.0810 e. The molecule has 2 nitrogen and oxygen atoms in total. The van der Waals surface area contributed by atoms with Gasteiger partial charge in [-0.05, 0) is 17.0 Å². The Balaban J connectivity index is 1.82. The molecule has 1 aliphatic heterocycles. The van der Waals surface area contributed by atoms with Gasteiger partial charge in [-0.25, -0.2) is 0 Å². The van der Waals surface area contributed by atoms with Crippen LogP contribution in [0.2, 0.25) is 0 Å². The summed E-state index contributed by atoms with van der Waals surface area (Å²) in [4.78, 5) is 0. The lowest BCUT2D eigenvalue weighted by Gasteiger charge is -2.26. The summed E-state index contributed by atoms with van der Waals surface area (Å²) in [7, 11) is 0. The van der Waals surface area contributed by atoms with Gasteiger partial charge in [-0.1, -0.05) is 67.6 Å². The van der Waals surface area contributed by atoms with Crippen LogP contribution in [-0.2, 0) is 11.2 Å². The lowest BCUT2D eigenvalue weighted by molar-refractivity contribution is 0.0312. The monoisotopic (exact) mass is 281 g/mol. The lowest BCUT2D eigenvalue weighted by Crippen LogP contribution is -2.33. The van der Waals surface area contributed by atoms with E-state index in [1.54, 1.807) is 0 Å². The van der Waals surface area contributed by atoms with E-state index < -0.39 is 0 Å². The summed E-state index contributed by atoms with van der Waals surface area (Å²) in [5.74, 6) is 0.553. The van der Waals surface area contributed by atoms with Crippen LogP contribution in [0.3, 0.4) is 0 Å². The molecule has 0 aromatic heterocycles. The highest BCUT2D eigenvalue weighted by molar-refractivity contribution is 5.23. The van der Waals surface area contributed by atoms with Crippen molar-refractivity contribution in [1.82, 2.24) is 5.32 Å². The molecule has 1 heterocycles. The first-order chi connectivity index (χ1) is 10.3. The van der Waals surface area contributed by atoms with Gasteiger partial charge in [-0.2, -0.15) is 0 Å². The maximum atomic E-state index is 6.22. The van der Waals surface area contributed by atoms with E-state index in [0.29, 0.717) is 5.92 Å². The van der Waals surface area contributed by atoms with Gasteiger partial charge in [0.1, 0.15) is 0 Å². The van der Waals surface area contributed by atoms with E-state index in [2.05, 4.69) is 72.9 Å². The molecular formula is C19H23NO.